The molecule has 0 saturated carbocycles. The zero-order valence-corrected chi connectivity index (χ0v) is 19.3. The number of hydrogen-bond donors (Lipinski definition) is 5. The molecule has 0 fully saturated rings. The van der Waals surface area contributed by atoms with Crippen LogP contribution in [0.4, 0.5) is 0 Å². The van der Waals surface area contributed by atoms with Crippen molar-refractivity contribution in [2.24, 2.45) is 0 Å². The number of rotatable bonds is 2. The second kappa shape index (κ2) is 7.16. The lowest BCUT2D eigenvalue weighted by Gasteiger charge is -2.22. The molecule has 0 aliphatic heterocycles. The van der Waals surface area contributed by atoms with Crippen LogP contribution in [0.2, 0.25) is 0 Å². The van der Waals surface area contributed by atoms with Crippen LogP contribution in [0.5, 0.6) is 17.2 Å². The molecule has 190 valence electrons. The van der Waals surface area contributed by atoms with Crippen molar-refractivity contribution in [2.45, 2.75) is 18.3 Å². The lowest BCUT2D eigenvalue weighted by molar-refractivity contribution is 0.0688. The van der Waals surface area contributed by atoms with E-state index < -0.39 is 91.0 Å². The lowest BCUT2D eigenvalue weighted by Crippen LogP contribution is -2.36. The van der Waals surface area contributed by atoms with E-state index in [1.54, 1.807) is 0 Å². The largest absolute Gasteiger partial charge is 0.507 e. The number of phenols is 3. The number of aromatic carboxylic acids is 1. The molecule has 6 rings (SSSR count). The maximum atomic E-state index is 13.9. The van der Waals surface area contributed by atoms with Crippen LogP contribution in [0.25, 0.3) is 10.8 Å². The molecule has 0 saturated heterocycles. The Morgan fingerprint density at radius 3 is 2.16 bits per heavy atom. The van der Waals surface area contributed by atoms with Crippen molar-refractivity contribution in [3.8, 4) is 17.2 Å². The highest BCUT2D eigenvalue weighted by Gasteiger charge is 2.61. The quantitative estimate of drug-likeness (QED) is 0.243. The molecule has 5 N–H and O–H groups in total. The first-order valence-corrected chi connectivity index (χ1v) is 11.2. The van der Waals surface area contributed by atoms with E-state index in [0.717, 1.165) is 19.3 Å². The zero-order chi connectivity index (χ0) is 27.4. The first-order valence-electron chi connectivity index (χ1n) is 11.2. The number of aryl methyl sites for hydroxylation is 1. The van der Waals surface area contributed by atoms with Crippen molar-refractivity contribution in [1.82, 2.24) is 4.98 Å². The monoisotopic (exact) mass is 517 g/mol. The van der Waals surface area contributed by atoms with Crippen LogP contribution >= 0.6 is 0 Å². The Hall–Kier alpha value is -5.26. The van der Waals surface area contributed by atoms with E-state index in [9.17, 15) is 49.2 Å². The number of aromatic nitrogens is 1. The van der Waals surface area contributed by atoms with Gasteiger partial charge in [-0.3, -0.25) is 24.0 Å². The number of aromatic amines is 1. The molecule has 38 heavy (non-hydrogen) atoms. The summed E-state index contributed by atoms with van der Waals surface area (Å²) in [6.45, 7) is 0. The fourth-order valence-electron chi connectivity index (χ4n) is 5.85. The number of H-pyrrole nitrogens is 1. The fourth-order valence-corrected chi connectivity index (χ4v) is 5.85. The molecule has 0 bridgehead atoms. The number of ketones is 4. The summed E-state index contributed by atoms with van der Waals surface area (Å²) in [5.41, 5.74) is -6.26. The predicted octanol–water partition coefficient (Wildman–Crippen LogP) is 1.52. The van der Waals surface area contributed by atoms with E-state index in [1.807, 2.05) is 0 Å². The Kier molecular flexibility index (Phi) is 4.36. The van der Waals surface area contributed by atoms with Crippen LogP contribution in [-0.4, -0.2) is 61.6 Å². The molecule has 1 spiro atoms. The Balaban J connectivity index is 1.65. The van der Waals surface area contributed by atoms with Gasteiger partial charge >= 0.3 is 5.97 Å². The number of aromatic hydroxyl groups is 3. The number of carbonyl (C=O) groups excluding carboxylic acids is 4. The minimum absolute atomic E-state index is 0.0357. The van der Waals surface area contributed by atoms with Crippen molar-refractivity contribution < 1.29 is 49.1 Å². The molecule has 1 aromatic heterocycles. The van der Waals surface area contributed by atoms with Gasteiger partial charge in [0.15, 0.2) is 23.1 Å². The third-order valence-corrected chi connectivity index (χ3v) is 7.47. The Bertz CT molecular complexity index is 1860. The molecule has 3 aliphatic carbocycles. The highest BCUT2D eigenvalue weighted by molar-refractivity contribution is 6.38. The van der Waals surface area contributed by atoms with Gasteiger partial charge in [-0.2, -0.15) is 0 Å². The van der Waals surface area contributed by atoms with E-state index in [4.69, 9.17) is 4.74 Å². The molecule has 1 heterocycles. The van der Waals surface area contributed by atoms with Crippen LogP contribution in [0, 0.1) is 0 Å². The van der Waals surface area contributed by atoms with Gasteiger partial charge in [0.2, 0.25) is 5.78 Å². The number of phenolic OH excluding ortho intramolecular Hbond substituents is 3. The van der Waals surface area contributed by atoms with Crippen LogP contribution in [0.3, 0.4) is 0 Å². The molecule has 1 atom stereocenters. The zero-order valence-electron chi connectivity index (χ0n) is 19.3. The summed E-state index contributed by atoms with van der Waals surface area (Å²) in [6, 6.07) is 2.51. The maximum Gasteiger partial charge on any atom is 0.352 e. The summed E-state index contributed by atoms with van der Waals surface area (Å²) in [5.74, 6) is -8.53. The number of allylic oxidation sites excluding steroid dienone is 2. The highest BCUT2D eigenvalue weighted by atomic mass is 16.5. The fraction of sp³-hybridized carbons (Fsp3) is 0.154. The molecule has 12 heteroatoms. The number of methoxy groups -OCH3 is 1. The van der Waals surface area contributed by atoms with E-state index in [1.165, 1.54) is 6.07 Å². The number of hydrogen-bond acceptors (Lipinski definition) is 10. The summed E-state index contributed by atoms with van der Waals surface area (Å²) in [4.78, 5) is 79.5. The number of nitrogens with one attached hydrogen (secondary N) is 1. The number of ether oxygens (including phenoxy) is 1. The number of carboxylic acid groups (broad SMARTS) is 1. The van der Waals surface area contributed by atoms with Gasteiger partial charge in [-0.1, -0.05) is 6.07 Å². The third-order valence-electron chi connectivity index (χ3n) is 7.47. The van der Waals surface area contributed by atoms with Gasteiger partial charge in [0.1, 0.15) is 28.4 Å². The predicted molar refractivity (Wildman–Crippen MR) is 125 cm³/mol. The topological polar surface area (TPSA) is 208 Å². The van der Waals surface area contributed by atoms with E-state index in [-0.39, 0.29) is 34.7 Å². The first-order chi connectivity index (χ1) is 17.9. The van der Waals surface area contributed by atoms with Gasteiger partial charge in [0, 0.05) is 11.6 Å². The molecular formula is C26H15NO11. The first kappa shape index (κ1) is 23.2. The van der Waals surface area contributed by atoms with Crippen molar-refractivity contribution in [3.63, 3.8) is 0 Å². The second-order valence-corrected chi connectivity index (χ2v) is 9.21. The molecule has 3 aromatic rings. The second-order valence-electron chi connectivity index (χ2n) is 9.21. The van der Waals surface area contributed by atoms with E-state index in [0.29, 0.717) is 0 Å². The summed E-state index contributed by atoms with van der Waals surface area (Å²) in [6.07, 6.45) is 0.594. The lowest BCUT2D eigenvalue weighted by atomic mass is 9.76. The summed E-state index contributed by atoms with van der Waals surface area (Å²) in [7, 11) is 1.11. The number of fused-ring (bicyclic) bond motifs is 5. The molecule has 0 radical (unpaired) electrons. The van der Waals surface area contributed by atoms with Crippen molar-refractivity contribution in [3.05, 3.63) is 73.4 Å². The van der Waals surface area contributed by atoms with Crippen molar-refractivity contribution in [2.75, 3.05) is 7.11 Å². The number of benzene rings is 2. The highest BCUT2D eigenvalue weighted by Crippen LogP contribution is 2.57. The SMILES string of the molecule is COC1=CC(=O)c2c(O)c3c(c(O)c2C1=O)C(=O)C1(CCc2cc4cc(C(=O)O)[nH]c(=O)c4c(O)c21)C3=O. The molecule has 3 aliphatic rings. The Morgan fingerprint density at radius 1 is 0.921 bits per heavy atom. The van der Waals surface area contributed by atoms with Crippen LogP contribution in [0.1, 0.15) is 69.5 Å². The van der Waals surface area contributed by atoms with E-state index in [2.05, 4.69) is 4.98 Å². The van der Waals surface area contributed by atoms with Crippen LogP contribution in [0.15, 0.2) is 28.8 Å². The average molecular weight is 517 g/mol. The smallest absolute Gasteiger partial charge is 0.352 e. The number of carbonyl (C=O) groups is 5. The van der Waals surface area contributed by atoms with Gasteiger partial charge in [-0.05, 0) is 29.9 Å². The minimum atomic E-state index is -2.17. The number of carboxylic acids is 1. The molecule has 1 unspecified atom stereocenters. The van der Waals surface area contributed by atoms with Gasteiger partial charge in [0.05, 0.1) is 34.7 Å². The van der Waals surface area contributed by atoms with E-state index >= 15 is 0 Å². The number of Topliss-reactive ketones (excluding diaryl/α,β-unsaturated/α-hetero) is 3. The van der Waals surface area contributed by atoms with Crippen molar-refractivity contribution in [1.29, 1.82) is 0 Å². The molecular weight excluding hydrogens is 502 g/mol. The minimum Gasteiger partial charge on any atom is -0.507 e. The Morgan fingerprint density at radius 2 is 1.55 bits per heavy atom. The summed E-state index contributed by atoms with van der Waals surface area (Å²) < 4.78 is 4.87. The molecule has 2 aromatic carbocycles. The average Bonchev–Trinajstić information content (AvgIpc) is 3.36. The standard InChI is InChI=1S/C26H15NO11/c1-38-11-6-10(28)13-14(18(11)29)20(31)16-15(19(13)30)22(33)26(23(16)34)3-2-7-4-8-5-9(25(36)37)27-24(35)12(8)21(32)17(7)26/h4-6,30-32H,2-3H2,1H3,(H,27,35)(H,36,37). The summed E-state index contributed by atoms with van der Waals surface area (Å²) in [5, 5.41) is 42.1. The van der Waals surface area contributed by atoms with Crippen LogP contribution in [-0.2, 0) is 16.6 Å². The van der Waals surface area contributed by atoms with Gasteiger partial charge in [-0.15, -0.1) is 0 Å². The van der Waals surface area contributed by atoms with Gasteiger partial charge in [-0.25, -0.2) is 4.79 Å². The van der Waals surface area contributed by atoms with Crippen molar-refractivity contribution >= 4 is 39.9 Å². The molecule has 12 nitrogen and oxygen atoms in total. The number of pyridine rings is 1. The van der Waals surface area contributed by atoms with Gasteiger partial charge in [0.25, 0.3) is 5.56 Å². The maximum absolute atomic E-state index is 13.9. The van der Waals surface area contributed by atoms with Crippen LogP contribution < -0.4 is 5.56 Å². The molecule has 0 amide bonds. The third kappa shape index (κ3) is 2.48. The summed E-state index contributed by atoms with van der Waals surface area (Å²) >= 11 is 0. The normalized spacial score (nSPS) is 19.6. The van der Waals surface area contributed by atoms with Gasteiger partial charge < -0.3 is 30.1 Å². The Labute approximate surface area is 210 Å².